The third-order valence-corrected chi connectivity index (χ3v) is 4.35. The van der Waals surface area contributed by atoms with Crippen LogP contribution in [0.1, 0.15) is 34.6 Å². The van der Waals surface area contributed by atoms with E-state index in [0.717, 1.165) is 16.9 Å². The second kappa shape index (κ2) is 8.90. The lowest BCUT2D eigenvalue weighted by Crippen LogP contribution is -2.46. The first-order valence-electron chi connectivity index (χ1n) is 8.92. The Bertz CT molecular complexity index is 905. The molecule has 6 nitrogen and oxygen atoms in total. The molecule has 2 N–H and O–H groups in total. The molecule has 0 aliphatic heterocycles. The minimum absolute atomic E-state index is 0.161. The van der Waals surface area contributed by atoms with E-state index in [1.165, 1.54) is 6.26 Å². The van der Waals surface area contributed by atoms with Gasteiger partial charge in [-0.25, -0.2) is 0 Å². The average molecular weight is 378 g/mol. The Morgan fingerprint density at radius 3 is 2.18 bits per heavy atom. The van der Waals surface area contributed by atoms with Crippen LogP contribution in [0.3, 0.4) is 0 Å². The van der Waals surface area contributed by atoms with Crippen molar-refractivity contribution in [1.29, 1.82) is 0 Å². The van der Waals surface area contributed by atoms with Gasteiger partial charge in [-0.05, 0) is 42.3 Å². The van der Waals surface area contributed by atoms with Gasteiger partial charge in [0.15, 0.2) is 5.76 Å². The zero-order chi connectivity index (χ0) is 19.9. The van der Waals surface area contributed by atoms with E-state index in [1.54, 1.807) is 26.2 Å². The van der Waals surface area contributed by atoms with E-state index in [4.69, 9.17) is 9.15 Å². The standard InChI is InChI=1S/C22H22N2O4/c1-15(23-22(26)19-9-6-14-28-19)21(25)24-20(16-7-4-3-5-8-16)17-10-12-18(27-2)13-11-17/h3-15,20H,1-2H3,(H,23,26)(H,24,25). The molecule has 0 spiro atoms. The van der Waals surface area contributed by atoms with Crippen molar-refractivity contribution >= 4 is 11.8 Å². The maximum absolute atomic E-state index is 12.7. The molecule has 3 aromatic rings. The smallest absolute Gasteiger partial charge is 0.287 e. The number of methoxy groups -OCH3 is 1. The van der Waals surface area contributed by atoms with Gasteiger partial charge in [-0.2, -0.15) is 0 Å². The Morgan fingerprint density at radius 1 is 0.893 bits per heavy atom. The minimum atomic E-state index is -0.734. The Kier molecular flexibility index (Phi) is 6.11. The maximum atomic E-state index is 12.7. The highest BCUT2D eigenvalue weighted by Crippen LogP contribution is 2.24. The largest absolute Gasteiger partial charge is 0.497 e. The number of amides is 2. The number of benzene rings is 2. The molecule has 0 bridgehead atoms. The van der Waals surface area contributed by atoms with Crippen molar-refractivity contribution < 1.29 is 18.7 Å². The predicted octanol–water partition coefficient (Wildman–Crippen LogP) is 3.31. The summed E-state index contributed by atoms with van der Waals surface area (Å²) in [6, 6.07) is 19.2. The van der Waals surface area contributed by atoms with Crippen molar-refractivity contribution in [3.63, 3.8) is 0 Å². The highest BCUT2D eigenvalue weighted by atomic mass is 16.5. The Hall–Kier alpha value is -3.54. The molecule has 1 aromatic heterocycles. The van der Waals surface area contributed by atoms with E-state index in [9.17, 15) is 9.59 Å². The second-order valence-corrected chi connectivity index (χ2v) is 6.30. The molecule has 1 heterocycles. The summed E-state index contributed by atoms with van der Waals surface area (Å²) >= 11 is 0. The first-order valence-corrected chi connectivity index (χ1v) is 8.92. The third kappa shape index (κ3) is 4.59. The van der Waals surface area contributed by atoms with E-state index in [-0.39, 0.29) is 17.7 Å². The summed E-state index contributed by atoms with van der Waals surface area (Å²) in [5.74, 6) is 0.160. The van der Waals surface area contributed by atoms with Crippen molar-refractivity contribution in [2.75, 3.05) is 7.11 Å². The van der Waals surface area contributed by atoms with Crippen LogP contribution in [-0.2, 0) is 4.79 Å². The molecule has 2 amide bonds. The molecule has 2 unspecified atom stereocenters. The number of rotatable bonds is 7. The first kappa shape index (κ1) is 19.2. The zero-order valence-electron chi connectivity index (χ0n) is 15.7. The molecule has 0 radical (unpaired) electrons. The fraction of sp³-hybridized carbons (Fsp3) is 0.182. The van der Waals surface area contributed by atoms with Crippen LogP contribution in [0.15, 0.2) is 77.4 Å². The molecule has 0 aliphatic rings. The molecule has 28 heavy (non-hydrogen) atoms. The van der Waals surface area contributed by atoms with Gasteiger partial charge in [0.05, 0.1) is 19.4 Å². The van der Waals surface area contributed by atoms with Crippen molar-refractivity contribution in [2.24, 2.45) is 0 Å². The quantitative estimate of drug-likeness (QED) is 0.661. The molecule has 0 saturated heterocycles. The summed E-state index contributed by atoms with van der Waals surface area (Å²) in [6.45, 7) is 1.63. The van der Waals surface area contributed by atoms with Crippen molar-refractivity contribution in [1.82, 2.24) is 10.6 Å². The van der Waals surface area contributed by atoms with Crippen LogP contribution in [-0.4, -0.2) is 25.0 Å². The molecule has 6 heteroatoms. The van der Waals surface area contributed by atoms with E-state index in [1.807, 2.05) is 54.6 Å². The van der Waals surface area contributed by atoms with E-state index in [2.05, 4.69) is 10.6 Å². The van der Waals surface area contributed by atoms with Crippen molar-refractivity contribution in [3.05, 3.63) is 89.9 Å². The number of nitrogens with one attached hydrogen (secondary N) is 2. The molecular weight excluding hydrogens is 356 g/mol. The fourth-order valence-electron chi connectivity index (χ4n) is 2.81. The fourth-order valence-corrected chi connectivity index (χ4v) is 2.81. The normalized spacial score (nSPS) is 12.6. The SMILES string of the molecule is COc1ccc(C(NC(=O)C(C)NC(=O)c2ccco2)c2ccccc2)cc1. The van der Waals surface area contributed by atoms with Crippen LogP contribution in [0.4, 0.5) is 0 Å². The van der Waals surface area contributed by atoms with E-state index < -0.39 is 11.9 Å². The van der Waals surface area contributed by atoms with Gasteiger partial charge >= 0.3 is 0 Å². The molecule has 3 rings (SSSR count). The van der Waals surface area contributed by atoms with Crippen LogP contribution in [0, 0.1) is 0 Å². The highest BCUT2D eigenvalue weighted by Gasteiger charge is 2.22. The summed E-state index contributed by atoms with van der Waals surface area (Å²) in [4.78, 5) is 24.9. The van der Waals surface area contributed by atoms with Crippen LogP contribution in [0.5, 0.6) is 5.75 Å². The Balaban J connectivity index is 1.76. The molecule has 2 atom stereocenters. The predicted molar refractivity (Wildman–Crippen MR) is 105 cm³/mol. The minimum Gasteiger partial charge on any atom is -0.497 e. The van der Waals surface area contributed by atoms with Gasteiger partial charge < -0.3 is 19.8 Å². The van der Waals surface area contributed by atoms with E-state index in [0.29, 0.717) is 0 Å². The van der Waals surface area contributed by atoms with Gasteiger partial charge in [-0.3, -0.25) is 9.59 Å². The highest BCUT2D eigenvalue weighted by molar-refractivity contribution is 5.95. The summed E-state index contributed by atoms with van der Waals surface area (Å²) in [6.07, 6.45) is 1.41. The molecule has 0 saturated carbocycles. The average Bonchev–Trinajstić information content (AvgIpc) is 3.27. The summed E-state index contributed by atoms with van der Waals surface area (Å²) in [5.41, 5.74) is 1.84. The van der Waals surface area contributed by atoms with Gasteiger partial charge in [-0.1, -0.05) is 42.5 Å². The lowest BCUT2D eigenvalue weighted by atomic mass is 9.98. The number of ether oxygens (including phenoxy) is 1. The van der Waals surface area contributed by atoms with E-state index >= 15 is 0 Å². The van der Waals surface area contributed by atoms with Gasteiger partial charge in [0, 0.05) is 0 Å². The van der Waals surface area contributed by atoms with Crippen LogP contribution >= 0.6 is 0 Å². The summed E-state index contributed by atoms with van der Waals surface area (Å²) in [7, 11) is 1.61. The van der Waals surface area contributed by atoms with Gasteiger partial charge in [-0.15, -0.1) is 0 Å². The Labute approximate surface area is 163 Å². The number of hydrogen-bond acceptors (Lipinski definition) is 4. The van der Waals surface area contributed by atoms with Crippen molar-refractivity contribution in [3.8, 4) is 5.75 Å². The van der Waals surface area contributed by atoms with Gasteiger partial charge in [0.1, 0.15) is 11.8 Å². The lowest BCUT2D eigenvalue weighted by molar-refractivity contribution is -0.123. The number of furan rings is 1. The molecule has 0 fully saturated rings. The molecule has 0 aliphatic carbocycles. The molecule has 144 valence electrons. The van der Waals surface area contributed by atoms with Crippen LogP contribution < -0.4 is 15.4 Å². The number of carbonyl (C=O) groups is 2. The summed E-state index contributed by atoms with van der Waals surface area (Å²) in [5, 5.41) is 5.66. The second-order valence-electron chi connectivity index (χ2n) is 6.30. The lowest BCUT2D eigenvalue weighted by Gasteiger charge is -2.22. The van der Waals surface area contributed by atoms with Gasteiger partial charge in [0.25, 0.3) is 5.91 Å². The number of hydrogen-bond donors (Lipinski definition) is 2. The molecule has 2 aromatic carbocycles. The maximum Gasteiger partial charge on any atom is 0.287 e. The van der Waals surface area contributed by atoms with Gasteiger partial charge in [0.2, 0.25) is 5.91 Å². The van der Waals surface area contributed by atoms with Crippen molar-refractivity contribution in [2.45, 2.75) is 19.0 Å². The number of carbonyl (C=O) groups excluding carboxylic acids is 2. The third-order valence-electron chi connectivity index (χ3n) is 4.35. The zero-order valence-corrected chi connectivity index (χ0v) is 15.7. The van der Waals surface area contributed by atoms with Crippen LogP contribution in [0.25, 0.3) is 0 Å². The van der Waals surface area contributed by atoms with Crippen LogP contribution in [0.2, 0.25) is 0 Å². The monoisotopic (exact) mass is 378 g/mol. The summed E-state index contributed by atoms with van der Waals surface area (Å²) < 4.78 is 10.3. The Morgan fingerprint density at radius 2 is 1.57 bits per heavy atom. The molecular formula is C22H22N2O4. The first-order chi connectivity index (χ1) is 13.6. The topological polar surface area (TPSA) is 80.6 Å².